The van der Waals surface area contributed by atoms with Gasteiger partial charge >= 0.3 is 0 Å². The molecule has 0 spiro atoms. The second kappa shape index (κ2) is 8.82. The van der Waals surface area contributed by atoms with E-state index < -0.39 is 0 Å². The molecule has 7 heteroatoms. The minimum absolute atomic E-state index is 0.144. The summed E-state index contributed by atoms with van der Waals surface area (Å²) in [5, 5.41) is 0.553. The van der Waals surface area contributed by atoms with Crippen LogP contribution in [0.1, 0.15) is 11.4 Å². The summed E-state index contributed by atoms with van der Waals surface area (Å²) in [6.45, 7) is 5.39. The topological polar surface area (TPSA) is 58.2 Å². The van der Waals surface area contributed by atoms with E-state index in [1.807, 2.05) is 37.4 Å². The summed E-state index contributed by atoms with van der Waals surface area (Å²) in [5.74, 6) is 1.45. The van der Waals surface area contributed by atoms with E-state index in [4.69, 9.17) is 4.74 Å². The number of hydrogen-bond donors (Lipinski definition) is 1. The summed E-state index contributed by atoms with van der Waals surface area (Å²) in [6, 6.07) is 11.6. The number of fused-ring (bicyclic) bond motifs is 1. The number of nitrogens with one attached hydrogen (secondary N) is 1. The third-order valence-corrected chi connectivity index (χ3v) is 5.00. The molecule has 0 aliphatic carbocycles. The number of rotatable bonds is 7. The Morgan fingerprint density at radius 1 is 1.22 bits per heavy atom. The van der Waals surface area contributed by atoms with Crippen LogP contribution in [0.3, 0.4) is 0 Å². The number of nitrogens with zero attached hydrogens (tertiary/aromatic N) is 2. The molecule has 1 N–H and O–H groups in total. The van der Waals surface area contributed by atoms with Crippen molar-refractivity contribution in [1.29, 1.82) is 0 Å². The second-order valence-electron chi connectivity index (χ2n) is 6.21. The van der Waals surface area contributed by atoms with E-state index in [0.717, 1.165) is 26.8 Å². The average molecular weight is 493 g/mol. The van der Waals surface area contributed by atoms with Crippen molar-refractivity contribution in [2.45, 2.75) is 13.1 Å². The van der Waals surface area contributed by atoms with Crippen LogP contribution in [0.2, 0.25) is 0 Å². The number of halogens is 2. The molecule has 0 atom stereocenters. The van der Waals surface area contributed by atoms with Crippen molar-refractivity contribution in [2.24, 2.45) is 0 Å². The fourth-order valence-corrected chi connectivity index (χ4v) is 4.07. The Morgan fingerprint density at radius 2 is 1.96 bits per heavy atom. The molecule has 0 saturated carbocycles. The van der Waals surface area contributed by atoms with E-state index in [9.17, 15) is 4.79 Å². The van der Waals surface area contributed by atoms with Crippen LogP contribution in [0.15, 0.2) is 62.8 Å². The smallest absolute Gasteiger partial charge is 0.258 e. The Labute approximate surface area is 174 Å². The SMILES string of the molecule is C=CCOc1ccc(CN(C)Cc2nc3c(Br)cc(Br)cc3c(=O)[nH]2)cc1. The van der Waals surface area contributed by atoms with Crippen LogP contribution >= 0.6 is 31.9 Å². The fraction of sp³-hybridized carbons (Fsp3) is 0.200. The highest BCUT2D eigenvalue weighted by Crippen LogP contribution is 2.25. The predicted molar refractivity (Wildman–Crippen MR) is 115 cm³/mol. The van der Waals surface area contributed by atoms with Crippen LogP contribution in [0, 0.1) is 0 Å². The average Bonchev–Trinajstić information content (AvgIpc) is 2.62. The molecular formula is C20H19Br2N3O2. The van der Waals surface area contributed by atoms with E-state index in [0.29, 0.717) is 29.9 Å². The lowest BCUT2D eigenvalue weighted by atomic mass is 10.2. The lowest BCUT2D eigenvalue weighted by molar-refractivity contribution is 0.310. The zero-order valence-corrected chi connectivity index (χ0v) is 18.0. The summed E-state index contributed by atoms with van der Waals surface area (Å²) >= 11 is 6.88. The van der Waals surface area contributed by atoms with Gasteiger partial charge in [0, 0.05) is 15.5 Å². The van der Waals surface area contributed by atoms with Crippen molar-refractivity contribution in [3.05, 3.63) is 79.7 Å². The highest BCUT2D eigenvalue weighted by molar-refractivity contribution is 9.11. The molecule has 0 radical (unpaired) electrons. The summed E-state index contributed by atoms with van der Waals surface area (Å²) in [7, 11) is 1.99. The summed E-state index contributed by atoms with van der Waals surface area (Å²) in [4.78, 5) is 22.0. The van der Waals surface area contributed by atoms with Crippen LogP contribution in [-0.2, 0) is 13.1 Å². The zero-order chi connectivity index (χ0) is 19.4. The van der Waals surface area contributed by atoms with Crippen LogP contribution in [-0.4, -0.2) is 28.5 Å². The third-order valence-electron chi connectivity index (χ3n) is 3.94. The molecule has 0 aliphatic rings. The molecule has 1 aromatic heterocycles. The van der Waals surface area contributed by atoms with Gasteiger partial charge in [0.1, 0.15) is 18.2 Å². The quantitative estimate of drug-likeness (QED) is 0.488. The van der Waals surface area contributed by atoms with Crippen molar-refractivity contribution < 1.29 is 4.74 Å². The second-order valence-corrected chi connectivity index (χ2v) is 7.98. The fourth-order valence-electron chi connectivity index (χ4n) is 2.76. The molecule has 0 amide bonds. The van der Waals surface area contributed by atoms with Crippen molar-refractivity contribution in [3.63, 3.8) is 0 Å². The van der Waals surface area contributed by atoms with Gasteiger partial charge in [-0.3, -0.25) is 9.69 Å². The van der Waals surface area contributed by atoms with E-state index >= 15 is 0 Å². The molecule has 0 aliphatic heterocycles. The summed E-state index contributed by atoms with van der Waals surface area (Å²) < 4.78 is 7.12. The van der Waals surface area contributed by atoms with Crippen LogP contribution in [0.25, 0.3) is 10.9 Å². The van der Waals surface area contributed by atoms with Gasteiger partial charge in [-0.2, -0.15) is 0 Å². The number of aromatic amines is 1. The first kappa shape index (κ1) is 19.8. The number of H-pyrrole nitrogens is 1. The third kappa shape index (κ3) is 5.06. The van der Waals surface area contributed by atoms with Gasteiger partial charge in [-0.05, 0) is 52.8 Å². The molecule has 3 aromatic rings. The Balaban J connectivity index is 1.73. The first-order chi connectivity index (χ1) is 13.0. The van der Waals surface area contributed by atoms with E-state index in [1.54, 1.807) is 12.1 Å². The van der Waals surface area contributed by atoms with E-state index in [2.05, 4.69) is 53.3 Å². The standard InChI is InChI=1S/C20H19Br2N3O2/c1-3-8-27-15-6-4-13(5-7-15)11-25(2)12-18-23-19-16(20(26)24-18)9-14(21)10-17(19)22/h3-7,9-10H,1,8,11-12H2,2H3,(H,23,24,26). The molecule has 1 heterocycles. The number of benzene rings is 2. The maximum atomic E-state index is 12.4. The van der Waals surface area contributed by atoms with Gasteiger partial charge in [0.15, 0.2) is 0 Å². The lowest BCUT2D eigenvalue weighted by Gasteiger charge is -2.16. The number of ether oxygens (including phenoxy) is 1. The minimum atomic E-state index is -0.144. The monoisotopic (exact) mass is 491 g/mol. The van der Waals surface area contributed by atoms with Gasteiger partial charge in [-0.15, -0.1) is 0 Å². The molecule has 0 unspecified atom stereocenters. The van der Waals surface area contributed by atoms with Crippen molar-refractivity contribution in [2.75, 3.05) is 13.7 Å². The van der Waals surface area contributed by atoms with Gasteiger partial charge in [-0.1, -0.05) is 40.7 Å². The van der Waals surface area contributed by atoms with Gasteiger partial charge in [0.25, 0.3) is 5.56 Å². The normalized spacial score (nSPS) is 11.1. The predicted octanol–water partition coefficient (Wildman–Crippen LogP) is 4.64. The van der Waals surface area contributed by atoms with Crippen LogP contribution in [0.4, 0.5) is 0 Å². The highest BCUT2D eigenvalue weighted by Gasteiger charge is 2.10. The van der Waals surface area contributed by atoms with Gasteiger partial charge in [0.05, 0.1) is 17.4 Å². The number of hydrogen-bond acceptors (Lipinski definition) is 4. The summed E-state index contributed by atoms with van der Waals surface area (Å²) in [5.41, 5.74) is 1.67. The van der Waals surface area contributed by atoms with Crippen LogP contribution < -0.4 is 10.3 Å². The van der Waals surface area contributed by atoms with E-state index in [1.165, 1.54) is 0 Å². The van der Waals surface area contributed by atoms with E-state index in [-0.39, 0.29) is 5.56 Å². The molecule has 0 fully saturated rings. The number of aromatic nitrogens is 2. The maximum Gasteiger partial charge on any atom is 0.258 e. The van der Waals surface area contributed by atoms with Crippen molar-refractivity contribution >= 4 is 42.8 Å². The summed E-state index contributed by atoms with van der Waals surface area (Å²) in [6.07, 6.45) is 1.72. The Morgan fingerprint density at radius 3 is 2.67 bits per heavy atom. The molecule has 27 heavy (non-hydrogen) atoms. The Bertz CT molecular complexity index is 1020. The van der Waals surface area contributed by atoms with Crippen molar-refractivity contribution in [1.82, 2.24) is 14.9 Å². The molecule has 5 nitrogen and oxygen atoms in total. The highest BCUT2D eigenvalue weighted by atomic mass is 79.9. The molecule has 3 rings (SSSR count). The first-order valence-electron chi connectivity index (χ1n) is 8.35. The molecule has 2 aromatic carbocycles. The van der Waals surface area contributed by atoms with Gasteiger partial charge in [0.2, 0.25) is 0 Å². The molecule has 0 saturated heterocycles. The maximum absolute atomic E-state index is 12.4. The lowest BCUT2D eigenvalue weighted by Crippen LogP contribution is -2.22. The Kier molecular flexibility index (Phi) is 6.46. The molecular weight excluding hydrogens is 474 g/mol. The van der Waals surface area contributed by atoms with Crippen LogP contribution in [0.5, 0.6) is 5.75 Å². The minimum Gasteiger partial charge on any atom is -0.490 e. The first-order valence-corrected chi connectivity index (χ1v) is 9.94. The van der Waals surface area contributed by atoms with Gasteiger partial charge in [-0.25, -0.2) is 4.98 Å². The largest absolute Gasteiger partial charge is 0.490 e. The van der Waals surface area contributed by atoms with Crippen molar-refractivity contribution in [3.8, 4) is 5.75 Å². The van der Waals surface area contributed by atoms with Gasteiger partial charge < -0.3 is 9.72 Å². The molecule has 140 valence electrons. The molecule has 0 bridgehead atoms. The Hall–Kier alpha value is -1.96. The zero-order valence-electron chi connectivity index (χ0n) is 14.8.